The van der Waals surface area contributed by atoms with Gasteiger partial charge >= 0.3 is 12.4 Å². The largest absolute Gasteiger partial charge is 0.436 e. The Hall–Kier alpha value is -2.04. The third-order valence-electron chi connectivity index (χ3n) is 4.36. The van der Waals surface area contributed by atoms with Crippen molar-refractivity contribution in [2.24, 2.45) is 0 Å². The second-order valence-electron chi connectivity index (χ2n) is 6.47. The number of rotatable bonds is 4. The number of amides is 1. The van der Waals surface area contributed by atoms with Crippen molar-refractivity contribution in [1.82, 2.24) is 9.78 Å². The quantitative estimate of drug-likeness (QED) is 0.578. The zero-order valence-electron chi connectivity index (χ0n) is 14.3. The van der Waals surface area contributed by atoms with Crippen molar-refractivity contribution < 1.29 is 31.1 Å². The number of para-hydroxylation sites is 1. The van der Waals surface area contributed by atoms with Crippen molar-refractivity contribution >= 4 is 27.5 Å². The van der Waals surface area contributed by atoms with Crippen LogP contribution in [0.4, 0.5) is 32.0 Å². The van der Waals surface area contributed by atoms with E-state index in [0.29, 0.717) is 12.8 Å². The van der Waals surface area contributed by atoms with Gasteiger partial charge in [0, 0.05) is 5.92 Å². The van der Waals surface area contributed by atoms with Crippen molar-refractivity contribution in [3.8, 4) is 0 Å². The average Bonchev–Trinajstić information content (AvgIpc) is 3.35. The van der Waals surface area contributed by atoms with Gasteiger partial charge in [0.05, 0.1) is 21.4 Å². The summed E-state index contributed by atoms with van der Waals surface area (Å²) in [5.74, 6) is -1.09. The minimum atomic E-state index is -4.73. The van der Waals surface area contributed by atoms with Crippen LogP contribution in [0.1, 0.15) is 48.7 Å². The molecule has 1 unspecified atom stereocenters. The molecule has 0 spiro atoms. The van der Waals surface area contributed by atoms with Gasteiger partial charge in [-0.15, -0.1) is 0 Å². The number of carbonyl (C=O) groups excluding carboxylic acids is 1. The van der Waals surface area contributed by atoms with Crippen LogP contribution in [0.2, 0.25) is 0 Å². The maximum atomic E-state index is 13.2. The summed E-state index contributed by atoms with van der Waals surface area (Å²) in [6.45, 7) is 1.29. The lowest BCUT2D eigenvalue weighted by molar-refractivity contribution is -0.142. The minimum absolute atomic E-state index is 0.185. The van der Waals surface area contributed by atoms with Gasteiger partial charge in [0.15, 0.2) is 5.69 Å². The van der Waals surface area contributed by atoms with Gasteiger partial charge in [-0.05, 0) is 47.8 Å². The molecule has 1 aliphatic rings. The van der Waals surface area contributed by atoms with Crippen molar-refractivity contribution in [3.63, 3.8) is 0 Å². The summed E-state index contributed by atoms with van der Waals surface area (Å²) >= 11 is 2.92. The lowest BCUT2D eigenvalue weighted by atomic mass is 10.1. The Bertz CT molecular complexity index is 901. The smallest absolute Gasteiger partial charge is 0.324 e. The maximum Gasteiger partial charge on any atom is 0.436 e. The maximum absolute atomic E-state index is 13.2. The molecule has 1 N–H and O–H groups in total. The molecular weight excluding hydrogens is 456 g/mol. The fraction of sp³-hybridized carbons (Fsp3) is 0.412. The topological polar surface area (TPSA) is 46.9 Å². The van der Waals surface area contributed by atoms with Crippen LogP contribution in [0.5, 0.6) is 0 Å². The Morgan fingerprint density at radius 3 is 2.32 bits per heavy atom. The highest BCUT2D eigenvalue weighted by atomic mass is 79.9. The molecule has 1 aromatic heterocycles. The van der Waals surface area contributed by atoms with Crippen molar-refractivity contribution in [1.29, 1.82) is 0 Å². The van der Waals surface area contributed by atoms with Gasteiger partial charge in [-0.3, -0.25) is 9.48 Å². The first-order valence-corrected chi connectivity index (χ1v) is 9.02. The number of hydrogen-bond donors (Lipinski definition) is 1. The van der Waals surface area contributed by atoms with E-state index in [0.717, 1.165) is 16.8 Å². The number of alkyl halides is 6. The Balaban J connectivity index is 1.93. The Labute approximate surface area is 164 Å². The zero-order valence-corrected chi connectivity index (χ0v) is 15.9. The standard InChI is InChI=1S/C17H14BrF6N3O/c1-8(15(28)25-11-5-3-2-4-10(11)16(19,20)21)27-13(9-6-7-9)12(18)14(26-27)17(22,23)24/h2-5,8-9H,6-7H2,1H3,(H,25,28). The lowest BCUT2D eigenvalue weighted by Gasteiger charge is -2.18. The molecule has 4 nitrogen and oxygen atoms in total. The number of nitrogens with one attached hydrogen (secondary N) is 1. The third-order valence-corrected chi connectivity index (χ3v) is 5.14. The Morgan fingerprint density at radius 2 is 1.79 bits per heavy atom. The van der Waals surface area contributed by atoms with Gasteiger partial charge in [-0.25, -0.2) is 0 Å². The number of aromatic nitrogens is 2. The summed E-state index contributed by atoms with van der Waals surface area (Å²) in [6.07, 6.45) is -8.13. The highest BCUT2D eigenvalue weighted by Gasteiger charge is 2.43. The van der Waals surface area contributed by atoms with Crippen LogP contribution < -0.4 is 5.32 Å². The van der Waals surface area contributed by atoms with E-state index in [1.54, 1.807) is 0 Å². The molecule has 1 amide bonds. The second kappa shape index (κ2) is 7.09. The molecule has 11 heteroatoms. The zero-order chi connectivity index (χ0) is 20.9. The van der Waals surface area contributed by atoms with E-state index in [1.807, 2.05) is 0 Å². The van der Waals surface area contributed by atoms with Crippen molar-refractivity contribution in [3.05, 3.63) is 45.7 Å². The number of halogens is 7. The van der Waals surface area contributed by atoms with Gasteiger partial charge < -0.3 is 5.32 Å². The van der Waals surface area contributed by atoms with Crippen LogP contribution in [0.25, 0.3) is 0 Å². The number of hydrogen-bond acceptors (Lipinski definition) is 2. The van der Waals surface area contributed by atoms with Gasteiger partial charge in [0.1, 0.15) is 6.04 Å². The van der Waals surface area contributed by atoms with Crippen LogP contribution in [0.15, 0.2) is 28.7 Å². The Morgan fingerprint density at radius 1 is 1.18 bits per heavy atom. The normalized spacial score (nSPS) is 16.1. The molecular formula is C17H14BrF6N3O. The molecule has 0 saturated heterocycles. The molecule has 1 fully saturated rings. The molecule has 2 aromatic rings. The molecule has 1 saturated carbocycles. The first kappa shape index (κ1) is 20.7. The predicted octanol–water partition coefficient (Wildman–Crippen LogP) is 5.76. The summed E-state index contributed by atoms with van der Waals surface area (Å²) in [4.78, 5) is 12.5. The SMILES string of the molecule is CC(C(=O)Nc1ccccc1C(F)(F)F)n1nc(C(F)(F)F)c(Br)c1C1CC1. The summed E-state index contributed by atoms with van der Waals surface area (Å²) in [5, 5.41) is 5.69. The summed E-state index contributed by atoms with van der Waals surface area (Å²) in [5.41, 5.74) is -2.46. The van der Waals surface area contributed by atoms with Gasteiger partial charge in [-0.1, -0.05) is 12.1 Å². The van der Waals surface area contributed by atoms with Gasteiger partial charge in [-0.2, -0.15) is 31.4 Å². The van der Waals surface area contributed by atoms with E-state index in [-0.39, 0.29) is 16.1 Å². The number of benzene rings is 1. The molecule has 0 bridgehead atoms. The summed E-state index contributed by atoms with van der Waals surface area (Å²) in [7, 11) is 0. The van der Waals surface area contributed by atoms with Crippen LogP contribution in [0, 0.1) is 0 Å². The highest BCUT2D eigenvalue weighted by Crippen LogP contribution is 2.47. The molecule has 0 radical (unpaired) electrons. The van der Waals surface area contributed by atoms with Crippen LogP contribution in [-0.4, -0.2) is 15.7 Å². The molecule has 1 aromatic carbocycles. The van der Waals surface area contributed by atoms with Gasteiger partial charge in [0.2, 0.25) is 5.91 Å². The van der Waals surface area contributed by atoms with E-state index >= 15 is 0 Å². The third kappa shape index (κ3) is 4.03. The van der Waals surface area contributed by atoms with Crippen LogP contribution >= 0.6 is 15.9 Å². The van der Waals surface area contributed by atoms with E-state index in [4.69, 9.17) is 0 Å². The van der Waals surface area contributed by atoms with Gasteiger partial charge in [0.25, 0.3) is 0 Å². The average molecular weight is 470 g/mol. The number of carbonyl (C=O) groups is 1. The molecule has 1 heterocycles. The van der Waals surface area contributed by atoms with Crippen LogP contribution in [-0.2, 0) is 17.1 Å². The molecule has 28 heavy (non-hydrogen) atoms. The lowest BCUT2D eigenvalue weighted by Crippen LogP contribution is -2.27. The van der Waals surface area contributed by atoms with E-state index in [2.05, 4.69) is 26.3 Å². The minimum Gasteiger partial charge on any atom is -0.324 e. The predicted molar refractivity (Wildman–Crippen MR) is 91.7 cm³/mol. The Kier molecular flexibility index (Phi) is 5.24. The highest BCUT2D eigenvalue weighted by molar-refractivity contribution is 9.10. The fourth-order valence-electron chi connectivity index (χ4n) is 2.81. The monoisotopic (exact) mass is 469 g/mol. The first-order valence-electron chi connectivity index (χ1n) is 8.23. The molecule has 152 valence electrons. The van der Waals surface area contributed by atoms with E-state index < -0.39 is 41.2 Å². The first-order chi connectivity index (χ1) is 12.9. The number of nitrogens with zero attached hydrogens (tertiary/aromatic N) is 2. The molecule has 3 rings (SSSR count). The molecule has 1 aliphatic carbocycles. The molecule has 1 atom stereocenters. The fourth-order valence-corrected chi connectivity index (χ4v) is 3.62. The van der Waals surface area contributed by atoms with Crippen molar-refractivity contribution in [2.75, 3.05) is 5.32 Å². The van der Waals surface area contributed by atoms with E-state index in [1.165, 1.54) is 19.1 Å². The number of anilines is 1. The van der Waals surface area contributed by atoms with Crippen LogP contribution in [0.3, 0.4) is 0 Å². The molecule has 0 aliphatic heterocycles. The van der Waals surface area contributed by atoms with Crippen molar-refractivity contribution in [2.45, 2.75) is 44.1 Å². The van der Waals surface area contributed by atoms with E-state index in [9.17, 15) is 31.1 Å². The summed E-state index contributed by atoms with van der Waals surface area (Å²) in [6, 6.07) is 3.13. The second-order valence-corrected chi connectivity index (χ2v) is 7.27. The summed E-state index contributed by atoms with van der Waals surface area (Å²) < 4.78 is 79.5.